The SMILES string of the molecule is CCOc1ccc(NC(=O)C(=O)N/N=C/c2cn(-c3ccccc3)nc2-c2ccccc2)cc1. The summed E-state index contributed by atoms with van der Waals surface area (Å²) in [4.78, 5) is 24.4. The third-order valence-corrected chi connectivity index (χ3v) is 4.81. The van der Waals surface area contributed by atoms with Crippen molar-refractivity contribution in [1.29, 1.82) is 0 Å². The number of aromatic nitrogens is 2. The van der Waals surface area contributed by atoms with Crippen LogP contribution in [0.3, 0.4) is 0 Å². The van der Waals surface area contributed by atoms with Gasteiger partial charge in [-0.05, 0) is 43.3 Å². The number of nitrogens with zero attached hydrogens (tertiary/aromatic N) is 3. The fraction of sp³-hybridized carbons (Fsp3) is 0.0769. The number of hydrogen-bond donors (Lipinski definition) is 2. The number of hydrazone groups is 1. The average Bonchev–Trinajstić information content (AvgIpc) is 3.30. The summed E-state index contributed by atoms with van der Waals surface area (Å²) in [6.45, 7) is 2.43. The zero-order chi connectivity index (χ0) is 23.8. The van der Waals surface area contributed by atoms with Crippen LogP contribution in [0.2, 0.25) is 0 Å². The van der Waals surface area contributed by atoms with E-state index in [0.717, 1.165) is 11.3 Å². The monoisotopic (exact) mass is 453 g/mol. The number of nitrogens with one attached hydrogen (secondary N) is 2. The molecule has 0 aliphatic heterocycles. The molecule has 1 heterocycles. The zero-order valence-electron chi connectivity index (χ0n) is 18.5. The van der Waals surface area contributed by atoms with Crippen molar-refractivity contribution < 1.29 is 14.3 Å². The van der Waals surface area contributed by atoms with Crippen LogP contribution < -0.4 is 15.5 Å². The van der Waals surface area contributed by atoms with Crippen molar-refractivity contribution in [1.82, 2.24) is 15.2 Å². The molecular weight excluding hydrogens is 430 g/mol. The smallest absolute Gasteiger partial charge is 0.329 e. The van der Waals surface area contributed by atoms with Crippen molar-refractivity contribution in [2.45, 2.75) is 6.92 Å². The van der Waals surface area contributed by atoms with Crippen LogP contribution in [0.1, 0.15) is 12.5 Å². The van der Waals surface area contributed by atoms with Gasteiger partial charge in [0.2, 0.25) is 0 Å². The third kappa shape index (κ3) is 5.55. The molecule has 0 radical (unpaired) electrons. The third-order valence-electron chi connectivity index (χ3n) is 4.81. The van der Waals surface area contributed by atoms with Crippen molar-refractivity contribution in [3.05, 3.63) is 96.7 Å². The molecule has 0 unspecified atom stereocenters. The Labute approximate surface area is 196 Å². The van der Waals surface area contributed by atoms with E-state index in [1.807, 2.05) is 73.8 Å². The summed E-state index contributed by atoms with van der Waals surface area (Å²) in [5.41, 5.74) is 5.91. The molecule has 0 saturated heterocycles. The zero-order valence-corrected chi connectivity index (χ0v) is 18.5. The number of rotatable bonds is 7. The highest BCUT2D eigenvalue weighted by molar-refractivity contribution is 6.39. The lowest BCUT2D eigenvalue weighted by atomic mass is 10.1. The number of anilines is 1. The van der Waals surface area contributed by atoms with Crippen LogP contribution in [-0.2, 0) is 9.59 Å². The summed E-state index contributed by atoms with van der Waals surface area (Å²) in [5.74, 6) is -1.04. The van der Waals surface area contributed by atoms with Crippen molar-refractivity contribution >= 4 is 23.7 Å². The van der Waals surface area contributed by atoms with Crippen molar-refractivity contribution in [3.63, 3.8) is 0 Å². The first kappa shape index (κ1) is 22.5. The number of carbonyl (C=O) groups is 2. The lowest BCUT2D eigenvalue weighted by molar-refractivity contribution is -0.136. The maximum atomic E-state index is 12.2. The number of hydrogen-bond acceptors (Lipinski definition) is 5. The standard InChI is InChI=1S/C26H23N5O3/c1-2-34-23-15-13-21(14-16-23)28-25(32)26(33)29-27-17-20-18-31(22-11-7-4-8-12-22)30-24(20)19-9-5-3-6-10-19/h3-18H,2H2,1H3,(H,28,32)(H,29,33)/b27-17+. The Kier molecular flexibility index (Phi) is 7.09. The number of para-hydroxylation sites is 1. The topological polar surface area (TPSA) is 97.6 Å². The molecule has 8 nitrogen and oxygen atoms in total. The minimum absolute atomic E-state index is 0.475. The highest BCUT2D eigenvalue weighted by Crippen LogP contribution is 2.22. The molecule has 34 heavy (non-hydrogen) atoms. The van der Waals surface area contributed by atoms with Crippen LogP contribution >= 0.6 is 0 Å². The lowest BCUT2D eigenvalue weighted by Crippen LogP contribution is -2.32. The Hall–Kier alpha value is -4.72. The van der Waals surface area contributed by atoms with Gasteiger partial charge in [0.25, 0.3) is 0 Å². The van der Waals surface area contributed by atoms with Crippen LogP contribution in [0.25, 0.3) is 16.9 Å². The molecule has 4 aromatic rings. The van der Waals surface area contributed by atoms with Crippen LogP contribution in [0.15, 0.2) is 96.2 Å². The van der Waals surface area contributed by atoms with E-state index < -0.39 is 11.8 Å². The van der Waals surface area contributed by atoms with Crippen LogP contribution in [-0.4, -0.2) is 34.4 Å². The molecule has 0 spiro atoms. The molecule has 3 aromatic carbocycles. The van der Waals surface area contributed by atoms with Gasteiger partial charge in [-0.1, -0.05) is 48.5 Å². The molecule has 4 rings (SSSR count). The van der Waals surface area contributed by atoms with Gasteiger partial charge in [0.05, 0.1) is 18.5 Å². The van der Waals surface area contributed by atoms with E-state index in [2.05, 4.69) is 20.9 Å². The minimum atomic E-state index is -0.887. The van der Waals surface area contributed by atoms with Gasteiger partial charge in [-0.15, -0.1) is 0 Å². The van der Waals surface area contributed by atoms with E-state index in [9.17, 15) is 9.59 Å². The van der Waals surface area contributed by atoms with Gasteiger partial charge in [-0.25, -0.2) is 10.1 Å². The van der Waals surface area contributed by atoms with Crippen LogP contribution in [0.4, 0.5) is 5.69 Å². The second-order valence-corrected chi connectivity index (χ2v) is 7.19. The molecule has 0 aliphatic carbocycles. The summed E-state index contributed by atoms with van der Waals surface area (Å²) < 4.78 is 7.10. The van der Waals surface area contributed by atoms with E-state index in [1.165, 1.54) is 6.21 Å². The van der Waals surface area contributed by atoms with Gasteiger partial charge < -0.3 is 10.1 Å². The number of benzene rings is 3. The highest BCUT2D eigenvalue weighted by Gasteiger charge is 2.14. The quantitative estimate of drug-likeness (QED) is 0.251. The summed E-state index contributed by atoms with van der Waals surface area (Å²) in [5, 5.41) is 11.2. The van der Waals surface area contributed by atoms with Crippen LogP contribution in [0, 0.1) is 0 Å². The fourth-order valence-electron chi connectivity index (χ4n) is 3.22. The maximum absolute atomic E-state index is 12.2. The van der Waals surface area contributed by atoms with E-state index in [0.29, 0.717) is 29.3 Å². The first-order valence-electron chi connectivity index (χ1n) is 10.7. The molecule has 1 aromatic heterocycles. The minimum Gasteiger partial charge on any atom is -0.494 e. The van der Waals surface area contributed by atoms with E-state index in [-0.39, 0.29) is 0 Å². The fourth-order valence-corrected chi connectivity index (χ4v) is 3.22. The largest absolute Gasteiger partial charge is 0.494 e. The molecule has 170 valence electrons. The Morgan fingerprint density at radius 2 is 1.62 bits per heavy atom. The van der Waals surface area contributed by atoms with Gasteiger partial charge in [-0.2, -0.15) is 10.2 Å². The lowest BCUT2D eigenvalue weighted by Gasteiger charge is -2.06. The molecular formula is C26H23N5O3. The maximum Gasteiger partial charge on any atom is 0.329 e. The van der Waals surface area contributed by atoms with Crippen LogP contribution in [0.5, 0.6) is 5.75 Å². The second-order valence-electron chi connectivity index (χ2n) is 7.19. The normalized spacial score (nSPS) is 10.7. The Bertz CT molecular complexity index is 1280. The summed E-state index contributed by atoms with van der Waals surface area (Å²) in [6.07, 6.45) is 3.28. The second kappa shape index (κ2) is 10.7. The van der Waals surface area contributed by atoms with Crippen molar-refractivity contribution in [2.75, 3.05) is 11.9 Å². The highest BCUT2D eigenvalue weighted by atomic mass is 16.5. The molecule has 0 bridgehead atoms. The molecule has 2 amide bonds. The van der Waals surface area contributed by atoms with Crippen molar-refractivity contribution in [2.24, 2.45) is 5.10 Å². The van der Waals surface area contributed by atoms with Gasteiger partial charge in [0.1, 0.15) is 11.4 Å². The van der Waals surface area contributed by atoms with E-state index in [1.54, 1.807) is 28.9 Å². The number of amides is 2. The molecule has 2 N–H and O–H groups in total. The van der Waals surface area contributed by atoms with Gasteiger partial charge in [-0.3, -0.25) is 9.59 Å². The number of carbonyl (C=O) groups excluding carboxylic acids is 2. The molecule has 8 heteroatoms. The first-order valence-corrected chi connectivity index (χ1v) is 10.7. The van der Waals surface area contributed by atoms with Gasteiger partial charge in [0.15, 0.2) is 0 Å². The predicted molar refractivity (Wildman–Crippen MR) is 131 cm³/mol. The molecule has 0 aliphatic rings. The Morgan fingerprint density at radius 3 is 2.29 bits per heavy atom. The Balaban J connectivity index is 1.46. The summed E-state index contributed by atoms with van der Waals surface area (Å²) in [7, 11) is 0. The average molecular weight is 454 g/mol. The molecule has 0 atom stereocenters. The Morgan fingerprint density at radius 1 is 0.941 bits per heavy atom. The summed E-state index contributed by atoms with van der Waals surface area (Å²) in [6, 6.07) is 26.1. The van der Waals surface area contributed by atoms with Gasteiger partial charge >= 0.3 is 11.8 Å². The first-order chi connectivity index (χ1) is 16.6. The van der Waals surface area contributed by atoms with E-state index >= 15 is 0 Å². The van der Waals surface area contributed by atoms with E-state index in [4.69, 9.17) is 4.74 Å². The van der Waals surface area contributed by atoms with Crippen molar-refractivity contribution in [3.8, 4) is 22.7 Å². The molecule has 0 saturated carbocycles. The predicted octanol–water partition coefficient (Wildman–Crippen LogP) is 4.03. The summed E-state index contributed by atoms with van der Waals surface area (Å²) >= 11 is 0. The molecule has 0 fully saturated rings. The number of ether oxygens (including phenoxy) is 1. The van der Waals surface area contributed by atoms with Gasteiger partial charge in [0, 0.05) is 23.0 Å².